The van der Waals surface area contributed by atoms with Gasteiger partial charge in [-0.1, -0.05) is 23.7 Å². The van der Waals surface area contributed by atoms with Crippen LogP contribution in [0.25, 0.3) is 0 Å². The van der Waals surface area contributed by atoms with Crippen molar-refractivity contribution >= 4 is 40.6 Å². The number of benzene rings is 1. The molecule has 2 aliphatic heterocycles. The van der Waals surface area contributed by atoms with Gasteiger partial charge >= 0.3 is 0 Å². The van der Waals surface area contributed by atoms with Gasteiger partial charge in [0.05, 0.1) is 10.7 Å². The monoisotopic (exact) mass is 425 g/mol. The molecule has 30 heavy (non-hydrogen) atoms. The fourth-order valence-electron chi connectivity index (χ4n) is 3.72. The Balaban J connectivity index is 1.47. The summed E-state index contributed by atoms with van der Waals surface area (Å²) in [6.07, 6.45) is 2.29. The van der Waals surface area contributed by atoms with Gasteiger partial charge < -0.3 is 9.80 Å². The lowest BCUT2D eigenvalue weighted by Gasteiger charge is -2.36. The van der Waals surface area contributed by atoms with Crippen LogP contribution in [0.4, 0.5) is 11.5 Å². The van der Waals surface area contributed by atoms with Crippen LogP contribution in [0, 0.1) is 13.8 Å². The standard InChI is InChI=1S/C22H24ClN5O2/c1-15-3-4-16(2)19(13-15)28-21(29)8-6-18(25-28)22(30)27-11-9-26(10-12-27)20-7-5-17(23)14-24-20/h3-5,7,13-14H,6,8-12H2,1-2H3. The first kappa shape index (κ1) is 20.3. The molecule has 0 radical (unpaired) electrons. The predicted molar refractivity (Wildman–Crippen MR) is 118 cm³/mol. The lowest BCUT2D eigenvalue weighted by atomic mass is 10.1. The molecule has 2 aromatic rings. The molecule has 0 saturated carbocycles. The Labute approximate surface area is 180 Å². The molecule has 0 atom stereocenters. The van der Waals surface area contributed by atoms with Gasteiger partial charge in [-0.2, -0.15) is 5.10 Å². The van der Waals surface area contributed by atoms with E-state index >= 15 is 0 Å². The number of piperazine rings is 1. The van der Waals surface area contributed by atoms with Gasteiger partial charge in [0.15, 0.2) is 0 Å². The van der Waals surface area contributed by atoms with Crippen LogP contribution >= 0.6 is 11.6 Å². The maximum Gasteiger partial charge on any atom is 0.270 e. The van der Waals surface area contributed by atoms with Gasteiger partial charge in [0, 0.05) is 45.2 Å². The molecular formula is C22H24ClN5O2. The lowest BCUT2D eigenvalue weighted by molar-refractivity contribution is -0.124. The summed E-state index contributed by atoms with van der Waals surface area (Å²) in [5, 5.41) is 6.46. The van der Waals surface area contributed by atoms with Gasteiger partial charge in [-0.3, -0.25) is 9.59 Å². The average Bonchev–Trinajstić information content (AvgIpc) is 2.76. The van der Waals surface area contributed by atoms with Gasteiger partial charge in [-0.25, -0.2) is 9.99 Å². The number of carbonyl (C=O) groups is 2. The summed E-state index contributed by atoms with van der Waals surface area (Å²) in [7, 11) is 0. The van der Waals surface area contributed by atoms with E-state index in [9.17, 15) is 9.59 Å². The van der Waals surface area contributed by atoms with Crippen LogP contribution in [0.3, 0.4) is 0 Å². The third-order valence-electron chi connectivity index (χ3n) is 5.47. The summed E-state index contributed by atoms with van der Waals surface area (Å²) in [6.45, 7) is 6.46. The molecule has 4 rings (SSSR count). The van der Waals surface area contributed by atoms with E-state index in [1.165, 1.54) is 5.01 Å². The van der Waals surface area contributed by atoms with Gasteiger partial charge in [0.2, 0.25) is 5.91 Å². The molecule has 1 aromatic carbocycles. The van der Waals surface area contributed by atoms with Gasteiger partial charge in [0.25, 0.3) is 5.91 Å². The largest absolute Gasteiger partial charge is 0.353 e. The van der Waals surface area contributed by atoms with E-state index in [1.807, 2.05) is 49.1 Å². The topological polar surface area (TPSA) is 69.1 Å². The number of pyridine rings is 1. The molecule has 0 aliphatic carbocycles. The van der Waals surface area contributed by atoms with Crippen molar-refractivity contribution in [2.45, 2.75) is 26.7 Å². The maximum absolute atomic E-state index is 13.1. The predicted octanol–water partition coefficient (Wildman–Crippen LogP) is 3.18. The van der Waals surface area contributed by atoms with Crippen molar-refractivity contribution in [2.75, 3.05) is 36.1 Å². The normalized spacial score (nSPS) is 17.2. The molecule has 2 aliphatic rings. The van der Waals surface area contributed by atoms with Crippen molar-refractivity contribution in [1.29, 1.82) is 0 Å². The number of anilines is 2. The molecule has 0 spiro atoms. The third kappa shape index (κ3) is 4.16. The van der Waals surface area contributed by atoms with Crippen LogP contribution < -0.4 is 9.91 Å². The van der Waals surface area contributed by atoms with Crippen molar-refractivity contribution < 1.29 is 9.59 Å². The van der Waals surface area contributed by atoms with Crippen LogP contribution in [-0.2, 0) is 9.59 Å². The Kier molecular flexibility index (Phi) is 5.72. The summed E-state index contributed by atoms with van der Waals surface area (Å²) >= 11 is 5.91. The summed E-state index contributed by atoms with van der Waals surface area (Å²) in [6, 6.07) is 9.60. The molecule has 3 heterocycles. The van der Waals surface area contributed by atoms with Gasteiger partial charge in [0.1, 0.15) is 11.5 Å². The number of aryl methyl sites for hydroxylation is 2. The van der Waals surface area contributed by atoms with Crippen LogP contribution in [0.2, 0.25) is 5.02 Å². The average molecular weight is 426 g/mol. The minimum atomic E-state index is -0.0958. The van der Waals surface area contributed by atoms with Crippen LogP contribution in [0.15, 0.2) is 41.6 Å². The zero-order valence-corrected chi connectivity index (χ0v) is 17.9. The fraction of sp³-hybridized carbons (Fsp3) is 0.364. The van der Waals surface area contributed by atoms with E-state index in [-0.39, 0.29) is 18.2 Å². The first-order valence-electron chi connectivity index (χ1n) is 10.1. The van der Waals surface area contributed by atoms with Crippen LogP contribution in [-0.4, -0.2) is 53.6 Å². The first-order valence-corrected chi connectivity index (χ1v) is 10.4. The minimum absolute atomic E-state index is 0.0844. The summed E-state index contributed by atoms with van der Waals surface area (Å²) < 4.78 is 0. The van der Waals surface area contributed by atoms with Crippen molar-refractivity contribution in [3.05, 3.63) is 52.7 Å². The van der Waals surface area contributed by atoms with Crippen molar-refractivity contribution in [1.82, 2.24) is 9.88 Å². The molecule has 1 fully saturated rings. The Morgan fingerprint density at radius 3 is 2.50 bits per heavy atom. The van der Waals surface area contributed by atoms with Crippen molar-refractivity contribution in [3.8, 4) is 0 Å². The Bertz CT molecular complexity index is 997. The highest BCUT2D eigenvalue weighted by molar-refractivity contribution is 6.40. The van der Waals surface area contributed by atoms with Gasteiger partial charge in [-0.05, 0) is 43.2 Å². The highest BCUT2D eigenvalue weighted by Gasteiger charge is 2.30. The molecule has 1 saturated heterocycles. The molecule has 1 aromatic heterocycles. The van der Waals surface area contributed by atoms with E-state index in [2.05, 4.69) is 15.0 Å². The molecule has 2 amide bonds. The summed E-state index contributed by atoms with van der Waals surface area (Å²) in [5.74, 6) is 0.675. The number of hydrazone groups is 1. The SMILES string of the molecule is Cc1ccc(C)c(N2N=C(C(=O)N3CCN(c4ccc(Cl)cn4)CC3)CCC2=O)c1. The Hall–Kier alpha value is -2.93. The molecule has 0 unspecified atom stereocenters. The number of nitrogens with zero attached hydrogens (tertiary/aromatic N) is 5. The van der Waals surface area contributed by atoms with E-state index in [1.54, 1.807) is 6.20 Å². The second-order valence-corrected chi connectivity index (χ2v) is 8.09. The summed E-state index contributed by atoms with van der Waals surface area (Å²) in [4.78, 5) is 33.9. The smallest absolute Gasteiger partial charge is 0.270 e. The van der Waals surface area contributed by atoms with Crippen LogP contribution in [0.1, 0.15) is 24.0 Å². The first-order chi connectivity index (χ1) is 14.4. The second-order valence-electron chi connectivity index (χ2n) is 7.66. The number of amides is 2. The number of aromatic nitrogens is 1. The van der Waals surface area contributed by atoms with Crippen LogP contribution in [0.5, 0.6) is 0 Å². The van der Waals surface area contributed by atoms with E-state index in [0.717, 1.165) is 22.6 Å². The fourth-order valence-corrected chi connectivity index (χ4v) is 3.83. The molecule has 8 heteroatoms. The van der Waals surface area contributed by atoms with E-state index < -0.39 is 0 Å². The number of carbonyl (C=O) groups excluding carboxylic acids is 2. The minimum Gasteiger partial charge on any atom is -0.353 e. The Morgan fingerprint density at radius 1 is 1.03 bits per heavy atom. The van der Waals surface area contributed by atoms with E-state index in [4.69, 9.17) is 11.6 Å². The number of rotatable bonds is 3. The van der Waals surface area contributed by atoms with Gasteiger partial charge in [-0.15, -0.1) is 0 Å². The molecule has 0 bridgehead atoms. The number of halogens is 1. The van der Waals surface area contributed by atoms with Crippen molar-refractivity contribution in [3.63, 3.8) is 0 Å². The van der Waals surface area contributed by atoms with Crippen molar-refractivity contribution in [2.24, 2.45) is 5.10 Å². The highest BCUT2D eigenvalue weighted by atomic mass is 35.5. The lowest BCUT2D eigenvalue weighted by Crippen LogP contribution is -2.51. The number of hydrogen-bond acceptors (Lipinski definition) is 5. The van der Waals surface area contributed by atoms with E-state index in [0.29, 0.717) is 43.3 Å². The summed E-state index contributed by atoms with van der Waals surface area (Å²) in [5.41, 5.74) is 3.18. The molecule has 0 N–H and O–H groups in total. The Morgan fingerprint density at radius 2 is 1.80 bits per heavy atom. The second kappa shape index (κ2) is 8.44. The highest BCUT2D eigenvalue weighted by Crippen LogP contribution is 2.26. The maximum atomic E-state index is 13.1. The molecule has 7 nitrogen and oxygen atoms in total. The molecule has 156 valence electrons. The zero-order valence-electron chi connectivity index (χ0n) is 17.1. The zero-order chi connectivity index (χ0) is 21.3. The number of hydrogen-bond donors (Lipinski definition) is 0. The quantitative estimate of drug-likeness (QED) is 0.757. The third-order valence-corrected chi connectivity index (χ3v) is 5.70. The molecular weight excluding hydrogens is 402 g/mol.